The van der Waals surface area contributed by atoms with Crippen LogP contribution in [0.15, 0.2) is 53.9 Å². The molecule has 0 spiro atoms. The minimum Gasteiger partial charge on any atom is -0.376 e. The van der Waals surface area contributed by atoms with Gasteiger partial charge in [0.05, 0.1) is 17.4 Å². The fourth-order valence-corrected chi connectivity index (χ4v) is 3.18. The summed E-state index contributed by atoms with van der Waals surface area (Å²) >= 11 is 12.2. The molecule has 0 bridgehead atoms. The molecular weight excluding hydrogens is 336 g/mol. The molecule has 0 radical (unpaired) electrons. The Bertz CT molecular complexity index is 708. The monoisotopic (exact) mass is 353 g/mol. The third-order valence-corrected chi connectivity index (χ3v) is 4.62. The highest BCUT2D eigenvalue weighted by Gasteiger charge is 2.24. The van der Waals surface area contributed by atoms with Crippen molar-refractivity contribution in [3.8, 4) is 0 Å². The van der Waals surface area contributed by atoms with Crippen molar-refractivity contribution in [1.82, 2.24) is 15.5 Å². The zero-order valence-electron chi connectivity index (χ0n) is 12.8. The predicted molar refractivity (Wildman–Crippen MR) is 92.7 cm³/mol. The number of nitrogens with zero attached hydrogens (tertiary/aromatic N) is 1. The molecule has 0 aromatic heterocycles. The number of allylic oxidation sites excluding steroid dienone is 2. The molecule has 1 atom stereocenters. The third-order valence-electron chi connectivity index (χ3n) is 4.06. The quantitative estimate of drug-likeness (QED) is 0.834. The molecule has 0 amide bonds. The van der Waals surface area contributed by atoms with Gasteiger partial charge in [-0.05, 0) is 31.0 Å². The maximum atomic E-state index is 14.4. The second-order valence-electron chi connectivity index (χ2n) is 5.73. The Labute approximate surface area is 145 Å². The standard InChI is InChI=1S/C17H18Cl2FN3/c1-10(13-5-4-12(18)8-14(13)19)21-15-9-16(23-6-3-7-23)22-11(2)17(15)20/h4-5,8-10,21-22H,2-3,6-7H2,1H3. The highest BCUT2D eigenvalue weighted by atomic mass is 35.5. The van der Waals surface area contributed by atoms with Gasteiger partial charge in [0.2, 0.25) is 0 Å². The number of hydrogen-bond donors (Lipinski definition) is 2. The van der Waals surface area contributed by atoms with Crippen LogP contribution < -0.4 is 10.6 Å². The number of nitrogens with one attached hydrogen (secondary N) is 2. The molecule has 1 aromatic rings. The van der Waals surface area contributed by atoms with Crippen molar-refractivity contribution < 1.29 is 4.39 Å². The molecule has 1 saturated heterocycles. The Morgan fingerprint density at radius 3 is 2.70 bits per heavy atom. The lowest BCUT2D eigenvalue weighted by atomic mass is 10.1. The van der Waals surface area contributed by atoms with Crippen molar-refractivity contribution in [2.24, 2.45) is 0 Å². The first-order chi connectivity index (χ1) is 11.0. The Balaban J connectivity index is 1.83. The Morgan fingerprint density at radius 2 is 2.09 bits per heavy atom. The lowest BCUT2D eigenvalue weighted by molar-refractivity contribution is 0.224. The van der Waals surface area contributed by atoms with Crippen molar-refractivity contribution in [2.45, 2.75) is 19.4 Å². The van der Waals surface area contributed by atoms with Crippen LogP contribution in [0, 0.1) is 0 Å². The van der Waals surface area contributed by atoms with Gasteiger partial charge < -0.3 is 15.5 Å². The minimum absolute atomic E-state index is 0.166. The second-order valence-corrected chi connectivity index (χ2v) is 6.58. The topological polar surface area (TPSA) is 27.3 Å². The minimum atomic E-state index is -0.383. The van der Waals surface area contributed by atoms with E-state index in [1.165, 1.54) is 0 Å². The lowest BCUT2D eigenvalue weighted by Crippen LogP contribution is -2.42. The summed E-state index contributed by atoms with van der Waals surface area (Å²) < 4.78 is 14.4. The van der Waals surface area contributed by atoms with Crippen molar-refractivity contribution in [3.05, 3.63) is 69.5 Å². The van der Waals surface area contributed by atoms with Crippen LogP contribution >= 0.6 is 23.2 Å². The Hall–Kier alpha value is -1.65. The number of halogens is 3. The van der Waals surface area contributed by atoms with Gasteiger partial charge in [-0.2, -0.15) is 0 Å². The first kappa shape index (κ1) is 16.2. The number of hydrogen-bond acceptors (Lipinski definition) is 3. The van der Waals surface area contributed by atoms with Crippen LogP contribution in [0.25, 0.3) is 0 Å². The highest BCUT2D eigenvalue weighted by Crippen LogP contribution is 2.29. The highest BCUT2D eigenvalue weighted by molar-refractivity contribution is 6.35. The first-order valence-electron chi connectivity index (χ1n) is 7.50. The van der Waals surface area contributed by atoms with Crippen molar-refractivity contribution in [2.75, 3.05) is 13.1 Å². The van der Waals surface area contributed by atoms with E-state index in [2.05, 4.69) is 22.1 Å². The molecular formula is C17H18Cl2FN3. The largest absolute Gasteiger partial charge is 0.376 e. The smallest absolute Gasteiger partial charge is 0.169 e. The van der Waals surface area contributed by atoms with Crippen LogP contribution in [-0.4, -0.2) is 18.0 Å². The molecule has 2 heterocycles. The third kappa shape index (κ3) is 3.33. The van der Waals surface area contributed by atoms with Gasteiger partial charge in [-0.1, -0.05) is 35.8 Å². The summed E-state index contributed by atoms with van der Waals surface area (Å²) in [5.74, 6) is 0.491. The zero-order chi connectivity index (χ0) is 16.6. The van der Waals surface area contributed by atoms with E-state index in [1.54, 1.807) is 18.2 Å². The summed E-state index contributed by atoms with van der Waals surface area (Å²) in [7, 11) is 0. The number of likely N-dealkylation sites (tertiary alicyclic amines) is 1. The van der Waals surface area contributed by atoms with Gasteiger partial charge >= 0.3 is 0 Å². The molecule has 23 heavy (non-hydrogen) atoms. The summed E-state index contributed by atoms with van der Waals surface area (Å²) in [4.78, 5) is 2.15. The molecule has 1 fully saturated rings. The van der Waals surface area contributed by atoms with Crippen molar-refractivity contribution >= 4 is 23.2 Å². The SMILES string of the molecule is C=C1NC(N2CCC2)=CC(NC(C)c2ccc(Cl)cc2Cl)=C1F. The van der Waals surface area contributed by atoms with Gasteiger partial charge in [-0.15, -0.1) is 0 Å². The molecule has 3 nitrogen and oxygen atoms in total. The predicted octanol–water partition coefficient (Wildman–Crippen LogP) is 4.49. The van der Waals surface area contributed by atoms with E-state index >= 15 is 0 Å². The summed E-state index contributed by atoms with van der Waals surface area (Å²) in [6.07, 6.45) is 2.93. The number of benzene rings is 1. The average molecular weight is 354 g/mol. The normalized spacial score (nSPS) is 19.0. The molecule has 1 aromatic carbocycles. The summed E-state index contributed by atoms with van der Waals surface area (Å²) in [5, 5.41) is 7.32. The van der Waals surface area contributed by atoms with Crippen LogP contribution in [0.1, 0.15) is 24.9 Å². The van der Waals surface area contributed by atoms with Crippen molar-refractivity contribution in [1.29, 1.82) is 0 Å². The molecule has 0 saturated carbocycles. The number of dihydropyridines is 1. The molecule has 2 aliphatic heterocycles. The van der Waals surface area contributed by atoms with E-state index in [0.717, 1.165) is 30.9 Å². The Morgan fingerprint density at radius 1 is 1.35 bits per heavy atom. The maximum absolute atomic E-state index is 14.4. The molecule has 3 rings (SSSR count). The first-order valence-corrected chi connectivity index (χ1v) is 8.25. The van der Waals surface area contributed by atoms with Gasteiger partial charge in [-0.25, -0.2) is 4.39 Å². The summed E-state index contributed by atoms with van der Waals surface area (Å²) in [5.41, 5.74) is 1.54. The summed E-state index contributed by atoms with van der Waals surface area (Å²) in [6.45, 7) is 7.62. The zero-order valence-corrected chi connectivity index (χ0v) is 14.3. The van der Waals surface area contributed by atoms with Crippen LogP contribution in [0.5, 0.6) is 0 Å². The van der Waals surface area contributed by atoms with Gasteiger partial charge in [-0.3, -0.25) is 0 Å². The fourth-order valence-electron chi connectivity index (χ4n) is 2.60. The molecule has 6 heteroatoms. The van der Waals surface area contributed by atoms with Gasteiger partial charge in [0.25, 0.3) is 0 Å². The van der Waals surface area contributed by atoms with E-state index in [0.29, 0.717) is 15.7 Å². The fraction of sp³-hybridized carbons (Fsp3) is 0.294. The van der Waals surface area contributed by atoms with Gasteiger partial charge in [0, 0.05) is 29.2 Å². The van der Waals surface area contributed by atoms with Crippen LogP contribution in [0.2, 0.25) is 10.0 Å². The maximum Gasteiger partial charge on any atom is 0.169 e. The average Bonchev–Trinajstić information content (AvgIpc) is 2.42. The van der Waals surface area contributed by atoms with Gasteiger partial charge in [0.1, 0.15) is 5.82 Å². The molecule has 1 unspecified atom stereocenters. The van der Waals surface area contributed by atoms with Crippen LogP contribution in [-0.2, 0) is 0 Å². The molecule has 2 aliphatic rings. The molecule has 0 aliphatic carbocycles. The van der Waals surface area contributed by atoms with E-state index in [4.69, 9.17) is 23.2 Å². The molecule has 122 valence electrons. The van der Waals surface area contributed by atoms with Crippen LogP contribution in [0.3, 0.4) is 0 Å². The molecule has 2 N–H and O–H groups in total. The van der Waals surface area contributed by atoms with E-state index < -0.39 is 0 Å². The van der Waals surface area contributed by atoms with Crippen LogP contribution in [0.4, 0.5) is 4.39 Å². The Kier molecular flexibility index (Phi) is 4.55. The lowest BCUT2D eigenvalue weighted by Gasteiger charge is -2.37. The van der Waals surface area contributed by atoms with E-state index in [1.807, 2.05) is 13.0 Å². The second kappa shape index (κ2) is 6.46. The van der Waals surface area contributed by atoms with Gasteiger partial charge in [0.15, 0.2) is 5.83 Å². The van der Waals surface area contributed by atoms with E-state index in [-0.39, 0.29) is 17.6 Å². The van der Waals surface area contributed by atoms with Crippen molar-refractivity contribution in [3.63, 3.8) is 0 Å². The number of rotatable bonds is 4. The van der Waals surface area contributed by atoms with E-state index in [9.17, 15) is 4.39 Å². The summed E-state index contributed by atoms with van der Waals surface area (Å²) in [6, 6.07) is 5.13.